The van der Waals surface area contributed by atoms with Crippen molar-refractivity contribution in [1.29, 1.82) is 0 Å². The second-order valence-corrected chi connectivity index (χ2v) is 10.1. The van der Waals surface area contributed by atoms with Crippen LogP contribution in [0.4, 0.5) is 13.2 Å². The van der Waals surface area contributed by atoms with E-state index in [0.29, 0.717) is 32.0 Å². The number of amides is 1. The number of hydrogen-bond acceptors (Lipinski definition) is 5. The molecule has 0 aliphatic carbocycles. The van der Waals surface area contributed by atoms with Gasteiger partial charge in [-0.3, -0.25) is 4.79 Å². The van der Waals surface area contributed by atoms with Gasteiger partial charge in [0, 0.05) is 13.1 Å². The number of sulfone groups is 1. The molecule has 1 saturated heterocycles. The van der Waals surface area contributed by atoms with Gasteiger partial charge < -0.3 is 9.32 Å². The van der Waals surface area contributed by atoms with Crippen LogP contribution in [0.5, 0.6) is 0 Å². The van der Waals surface area contributed by atoms with E-state index in [-0.39, 0.29) is 22.6 Å². The van der Waals surface area contributed by atoms with E-state index in [4.69, 9.17) is 4.42 Å². The van der Waals surface area contributed by atoms with Crippen LogP contribution in [-0.4, -0.2) is 42.0 Å². The quantitative estimate of drug-likeness (QED) is 0.737. The van der Waals surface area contributed by atoms with Gasteiger partial charge in [0.05, 0.1) is 21.4 Å². The summed E-state index contributed by atoms with van der Waals surface area (Å²) in [6.07, 6.45) is -1.16. The molecule has 29 heavy (non-hydrogen) atoms. The van der Waals surface area contributed by atoms with Crippen molar-refractivity contribution in [3.63, 3.8) is 0 Å². The van der Waals surface area contributed by atoms with Crippen LogP contribution in [0.2, 0.25) is 0 Å². The Kier molecular flexibility index (Phi) is 5.50. The molecule has 2 heterocycles. The van der Waals surface area contributed by atoms with Crippen molar-refractivity contribution in [3.05, 3.63) is 48.2 Å². The Hall–Kier alpha value is -2.36. The number of oxazole rings is 1. The molecule has 6 nitrogen and oxygen atoms in total. The second kappa shape index (κ2) is 7.47. The Bertz CT molecular complexity index is 977. The summed E-state index contributed by atoms with van der Waals surface area (Å²) in [6.45, 7) is 3.68. The number of nitrogens with zero attached hydrogens (tertiary/aromatic N) is 2. The predicted octanol–water partition coefficient (Wildman–Crippen LogP) is 3.80. The first-order valence-corrected chi connectivity index (χ1v) is 10.5. The van der Waals surface area contributed by atoms with Crippen molar-refractivity contribution in [2.75, 3.05) is 13.1 Å². The van der Waals surface area contributed by atoms with Crippen LogP contribution in [0.15, 0.2) is 46.0 Å². The van der Waals surface area contributed by atoms with Crippen LogP contribution in [0.3, 0.4) is 0 Å². The molecule has 0 bridgehead atoms. The van der Waals surface area contributed by atoms with Gasteiger partial charge in [0.15, 0.2) is 9.84 Å². The van der Waals surface area contributed by atoms with Crippen LogP contribution >= 0.6 is 0 Å². The molecule has 158 valence electrons. The first-order chi connectivity index (χ1) is 13.4. The standard InChI is InChI=1S/C19H21F3N2O4S/c1-18(2,29(26,27)15-5-3-4-14(12-15)19(20,21)22)13-6-9-24(10-7-13)17(25)16-23-8-11-28-16/h3-5,8,11-13H,6-7,9-10H2,1-2H3. The molecule has 1 fully saturated rings. The summed E-state index contributed by atoms with van der Waals surface area (Å²) >= 11 is 0. The first-order valence-electron chi connectivity index (χ1n) is 9.05. The van der Waals surface area contributed by atoms with Gasteiger partial charge in [0.1, 0.15) is 6.26 Å². The summed E-state index contributed by atoms with van der Waals surface area (Å²) in [6, 6.07) is 3.81. The molecule has 10 heteroatoms. The topological polar surface area (TPSA) is 80.5 Å². The largest absolute Gasteiger partial charge is 0.441 e. The highest BCUT2D eigenvalue weighted by Gasteiger charge is 2.45. The maximum atomic E-state index is 13.2. The number of carbonyl (C=O) groups excluding carboxylic acids is 1. The Morgan fingerprint density at radius 3 is 2.41 bits per heavy atom. The molecule has 2 aromatic rings. The number of likely N-dealkylation sites (tertiary alicyclic amines) is 1. The van der Waals surface area contributed by atoms with Gasteiger partial charge in [-0.2, -0.15) is 13.2 Å². The summed E-state index contributed by atoms with van der Waals surface area (Å²) in [5.41, 5.74) is -0.999. The van der Waals surface area contributed by atoms with E-state index in [0.717, 1.165) is 12.1 Å². The lowest BCUT2D eigenvalue weighted by molar-refractivity contribution is -0.137. The molecular formula is C19H21F3N2O4S. The molecule has 0 radical (unpaired) electrons. The number of halogens is 3. The van der Waals surface area contributed by atoms with Gasteiger partial charge in [-0.05, 0) is 50.8 Å². The SMILES string of the molecule is CC(C)(C1CCN(C(=O)c2ncco2)CC1)S(=O)(=O)c1cccc(C(F)(F)F)c1. The van der Waals surface area contributed by atoms with Gasteiger partial charge >= 0.3 is 12.1 Å². The smallest absolute Gasteiger partial charge is 0.416 e. The Morgan fingerprint density at radius 2 is 1.86 bits per heavy atom. The van der Waals surface area contributed by atoms with E-state index in [1.807, 2.05) is 0 Å². The predicted molar refractivity (Wildman–Crippen MR) is 97.8 cm³/mol. The summed E-state index contributed by atoms with van der Waals surface area (Å²) < 4.78 is 69.0. The molecule has 3 rings (SSSR count). The van der Waals surface area contributed by atoms with Crippen LogP contribution < -0.4 is 0 Å². The summed E-state index contributed by atoms with van der Waals surface area (Å²) in [5.74, 6) is -0.720. The molecular weight excluding hydrogens is 409 g/mol. The molecule has 1 aliphatic heterocycles. The lowest BCUT2D eigenvalue weighted by Crippen LogP contribution is -2.47. The van der Waals surface area contributed by atoms with Crippen LogP contribution in [0.25, 0.3) is 0 Å². The molecule has 1 amide bonds. The monoisotopic (exact) mass is 430 g/mol. The average Bonchev–Trinajstić information content (AvgIpc) is 3.21. The fraction of sp³-hybridized carbons (Fsp3) is 0.474. The minimum atomic E-state index is -4.62. The Morgan fingerprint density at radius 1 is 1.21 bits per heavy atom. The number of alkyl halides is 3. The van der Waals surface area contributed by atoms with E-state index in [1.165, 1.54) is 37.3 Å². The van der Waals surface area contributed by atoms with Crippen molar-refractivity contribution in [3.8, 4) is 0 Å². The number of benzene rings is 1. The Labute approximate surface area is 166 Å². The molecule has 1 aromatic carbocycles. The van der Waals surface area contributed by atoms with E-state index in [9.17, 15) is 26.4 Å². The minimum Gasteiger partial charge on any atom is -0.441 e. The fourth-order valence-electron chi connectivity index (χ4n) is 3.60. The number of hydrogen-bond donors (Lipinski definition) is 0. The lowest BCUT2D eigenvalue weighted by atomic mass is 9.86. The Balaban J connectivity index is 1.78. The molecule has 0 saturated carbocycles. The molecule has 0 N–H and O–H groups in total. The number of rotatable bonds is 4. The molecule has 0 unspecified atom stereocenters. The van der Waals surface area contributed by atoms with Crippen molar-refractivity contribution >= 4 is 15.7 Å². The number of aromatic nitrogens is 1. The fourth-order valence-corrected chi connectivity index (χ4v) is 5.43. The van der Waals surface area contributed by atoms with Crippen LogP contribution in [0.1, 0.15) is 42.9 Å². The summed E-state index contributed by atoms with van der Waals surface area (Å²) in [7, 11) is -4.04. The van der Waals surface area contributed by atoms with E-state index in [2.05, 4.69) is 4.98 Å². The third kappa shape index (κ3) is 4.03. The van der Waals surface area contributed by atoms with E-state index in [1.54, 1.807) is 0 Å². The van der Waals surface area contributed by atoms with Crippen LogP contribution in [0, 0.1) is 5.92 Å². The highest BCUT2D eigenvalue weighted by molar-refractivity contribution is 7.92. The van der Waals surface area contributed by atoms with Crippen molar-refractivity contribution < 1.29 is 30.8 Å². The lowest BCUT2D eigenvalue weighted by Gasteiger charge is -2.39. The van der Waals surface area contributed by atoms with Crippen LogP contribution in [-0.2, 0) is 16.0 Å². The second-order valence-electron chi connectivity index (χ2n) is 7.54. The maximum absolute atomic E-state index is 13.2. The zero-order valence-electron chi connectivity index (χ0n) is 15.9. The zero-order chi connectivity index (χ0) is 21.4. The third-order valence-electron chi connectivity index (χ3n) is 5.54. The highest BCUT2D eigenvalue weighted by atomic mass is 32.2. The normalized spacial score (nSPS) is 16.8. The van der Waals surface area contributed by atoms with Crippen molar-refractivity contribution in [2.24, 2.45) is 5.92 Å². The molecule has 1 aliphatic rings. The van der Waals surface area contributed by atoms with Gasteiger partial charge in [-0.25, -0.2) is 13.4 Å². The van der Waals surface area contributed by atoms with Gasteiger partial charge in [0.2, 0.25) is 0 Å². The number of carbonyl (C=O) groups is 1. The minimum absolute atomic E-state index is 0.0284. The van der Waals surface area contributed by atoms with Gasteiger partial charge in [-0.1, -0.05) is 6.07 Å². The third-order valence-corrected chi connectivity index (χ3v) is 8.14. The van der Waals surface area contributed by atoms with Crippen molar-refractivity contribution in [1.82, 2.24) is 9.88 Å². The molecule has 0 atom stereocenters. The van der Waals surface area contributed by atoms with Crippen molar-refractivity contribution in [2.45, 2.75) is 42.5 Å². The van der Waals surface area contributed by atoms with E-state index >= 15 is 0 Å². The summed E-state index contributed by atoms with van der Waals surface area (Å²) in [4.78, 5) is 17.3. The highest BCUT2D eigenvalue weighted by Crippen LogP contribution is 2.39. The maximum Gasteiger partial charge on any atom is 0.416 e. The molecule has 0 spiro atoms. The van der Waals surface area contributed by atoms with E-state index < -0.39 is 26.3 Å². The van der Waals surface area contributed by atoms with Gasteiger partial charge in [-0.15, -0.1) is 0 Å². The first kappa shape index (κ1) is 21.4. The van der Waals surface area contributed by atoms with Gasteiger partial charge in [0.25, 0.3) is 5.89 Å². The zero-order valence-corrected chi connectivity index (χ0v) is 16.8. The number of piperidine rings is 1. The average molecular weight is 430 g/mol. The molecule has 1 aromatic heterocycles. The summed E-state index contributed by atoms with van der Waals surface area (Å²) in [5, 5.41) is 0.